The van der Waals surface area contributed by atoms with E-state index in [1.165, 1.54) is 11.6 Å². The minimum Gasteiger partial charge on any atom is -0.455 e. The first-order valence-electron chi connectivity index (χ1n) is 12.0. The van der Waals surface area contributed by atoms with E-state index in [1.807, 2.05) is 56.4 Å². The number of hydrogen-bond donors (Lipinski definition) is 2. The lowest BCUT2D eigenvalue weighted by Crippen LogP contribution is -2.48. The van der Waals surface area contributed by atoms with Crippen molar-refractivity contribution in [2.75, 3.05) is 0 Å². The number of esters is 1. The zero-order valence-corrected chi connectivity index (χ0v) is 20.7. The van der Waals surface area contributed by atoms with Crippen LogP contribution in [0.3, 0.4) is 0 Å². The molecule has 0 aromatic heterocycles. The van der Waals surface area contributed by atoms with E-state index in [-0.39, 0.29) is 36.2 Å². The molecule has 5 heteroatoms. The maximum atomic E-state index is 11.3. The van der Waals surface area contributed by atoms with Crippen molar-refractivity contribution in [3.05, 3.63) is 71.9 Å². The molecule has 0 spiro atoms. The highest BCUT2D eigenvalue weighted by Crippen LogP contribution is 2.28. The number of carbonyl (C=O) groups is 1. The van der Waals surface area contributed by atoms with Crippen molar-refractivity contribution in [1.82, 2.24) is 0 Å². The number of aliphatic hydroxyl groups excluding tert-OH is 1. The fourth-order valence-electron chi connectivity index (χ4n) is 4.23. The van der Waals surface area contributed by atoms with Gasteiger partial charge in [0.15, 0.2) is 0 Å². The average molecular weight is 456 g/mol. The monoisotopic (exact) mass is 455 g/mol. The van der Waals surface area contributed by atoms with Crippen molar-refractivity contribution in [2.24, 2.45) is 17.6 Å². The summed E-state index contributed by atoms with van der Waals surface area (Å²) in [4.78, 5) is 11.3. The first kappa shape index (κ1) is 27.0. The fraction of sp³-hybridized carbons (Fsp3) is 0.536. The number of nitrogens with two attached hydrogens (primary N) is 1. The molecule has 1 fully saturated rings. The molecule has 0 amide bonds. The Balaban J connectivity index is 1.85. The van der Waals surface area contributed by atoms with Crippen LogP contribution < -0.4 is 5.73 Å². The predicted octanol–water partition coefficient (Wildman–Crippen LogP) is 4.95. The first-order chi connectivity index (χ1) is 15.7. The van der Waals surface area contributed by atoms with Gasteiger partial charge in [0.2, 0.25) is 0 Å². The lowest BCUT2D eigenvalue weighted by atomic mass is 9.88. The van der Waals surface area contributed by atoms with E-state index >= 15 is 0 Å². The second-order valence-corrected chi connectivity index (χ2v) is 9.37. The average Bonchev–Trinajstić information content (AvgIpc) is 2.75. The Morgan fingerprint density at radius 3 is 2.79 bits per heavy atom. The third kappa shape index (κ3) is 9.28. The predicted molar refractivity (Wildman–Crippen MR) is 134 cm³/mol. The summed E-state index contributed by atoms with van der Waals surface area (Å²) >= 11 is 0. The van der Waals surface area contributed by atoms with Crippen LogP contribution in [0.5, 0.6) is 0 Å². The van der Waals surface area contributed by atoms with Gasteiger partial charge >= 0.3 is 5.97 Å². The largest absolute Gasteiger partial charge is 0.455 e. The molecule has 0 bridgehead atoms. The summed E-state index contributed by atoms with van der Waals surface area (Å²) in [5.41, 5.74) is 8.75. The van der Waals surface area contributed by atoms with Gasteiger partial charge in [-0.3, -0.25) is 0 Å². The van der Waals surface area contributed by atoms with Gasteiger partial charge in [0, 0.05) is 30.9 Å². The van der Waals surface area contributed by atoms with Gasteiger partial charge in [-0.05, 0) is 39.2 Å². The van der Waals surface area contributed by atoms with E-state index in [4.69, 9.17) is 15.2 Å². The van der Waals surface area contributed by atoms with Crippen LogP contribution in [0.25, 0.3) is 0 Å². The van der Waals surface area contributed by atoms with Crippen LogP contribution >= 0.6 is 0 Å². The Morgan fingerprint density at radius 1 is 1.33 bits per heavy atom. The van der Waals surface area contributed by atoms with Gasteiger partial charge < -0.3 is 20.3 Å². The van der Waals surface area contributed by atoms with Gasteiger partial charge in [-0.25, -0.2) is 4.79 Å². The molecule has 2 rings (SSSR count). The molecule has 3 N–H and O–H groups in total. The van der Waals surface area contributed by atoms with Crippen molar-refractivity contribution in [3.8, 4) is 0 Å². The molecule has 1 saturated heterocycles. The van der Waals surface area contributed by atoms with Crippen LogP contribution in [-0.2, 0) is 14.3 Å². The topological polar surface area (TPSA) is 81.8 Å². The summed E-state index contributed by atoms with van der Waals surface area (Å²) in [6.07, 6.45) is 20.8. The molecule has 0 aromatic carbocycles. The lowest BCUT2D eigenvalue weighted by Gasteiger charge is -2.38. The number of cyclic esters (lactones) is 1. The van der Waals surface area contributed by atoms with Crippen molar-refractivity contribution in [2.45, 2.75) is 84.3 Å². The highest BCUT2D eigenvalue weighted by atomic mass is 16.5. The molecule has 2 aliphatic heterocycles. The summed E-state index contributed by atoms with van der Waals surface area (Å²) in [6, 6.07) is -0.266. The van der Waals surface area contributed by atoms with Crippen LogP contribution in [-0.4, -0.2) is 41.5 Å². The standard InChI is InChI=1S/C28H41NO4/c1-6-9-26-22(5)25(30)18-27(33-26)24(29)12-7-10-19(2)16-21(4)17-20(3)14-15-23-11-8-13-28(31)32-23/h6-10,12-15,17,21-27,30H,11,16,18,29H2,1-5H3/b9-6+,12-7+,15-14+,19-10+,20-17-/t21-,22+,23-,24-,25-,26+,27+/m1/s1. The van der Waals surface area contributed by atoms with Crippen LogP contribution in [0.15, 0.2) is 71.9 Å². The van der Waals surface area contributed by atoms with Gasteiger partial charge in [-0.1, -0.05) is 73.6 Å². The number of hydrogen-bond acceptors (Lipinski definition) is 5. The molecular weight excluding hydrogens is 414 g/mol. The Hall–Kier alpha value is -2.21. The molecule has 0 radical (unpaired) electrons. The van der Waals surface area contributed by atoms with Crippen molar-refractivity contribution in [3.63, 3.8) is 0 Å². The third-order valence-corrected chi connectivity index (χ3v) is 6.11. The van der Waals surface area contributed by atoms with Gasteiger partial charge in [-0.15, -0.1) is 0 Å². The van der Waals surface area contributed by atoms with Crippen molar-refractivity contribution in [1.29, 1.82) is 0 Å². The SMILES string of the molecule is C/C=C/[C@@H]1O[C@H]([C@H](N)/C=C/C=C(\C)C[C@@H](C)/C=C(C)\C=C\[C@H]2CC=CC(=O)O2)C[C@@H](O)[C@@H]1C. The third-order valence-electron chi connectivity index (χ3n) is 6.11. The highest BCUT2D eigenvalue weighted by Gasteiger charge is 2.35. The molecule has 2 aliphatic rings. The summed E-state index contributed by atoms with van der Waals surface area (Å²) in [5.74, 6) is 0.164. The molecule has 0 aliphatic carbocycles. The molecule has 0 saturated carbocycles. The van der Waals surface area contributed by atoms with Crippen molar-refractivity contribution >= 4 is 5.97 Å². The Bertz CT molecular complexity index is 820. The number of ether oxygens (including phenoxy) is 2. The Labute approximate surface area is 199 Å². The summed E-state index contributed by atoms with van der Waals surface area (Å²) in [7, 11) is 0. The van der Waals surface area contributed by atoms with Gasteiger partial charge in [-0.2, -0.15) is 0 Å². The van der Waals surface area contributed by atoms with Gasteiger partial charge in [0.25, 0.3) is 0 Å². The van der Waals surface area contributed by atoms with E-state index < -0.39 is 6.10 Å². The molecule has 182 valence electrons. The van der Waals surface area contributed by atoms with Crippen LogP contribution in [0, 0.1) is 11.8 Å². The molecular formula is C28H41NO4. The molecule has 0 unspecified atom stereocenters. The molecule has 7 atom stereocenters. The smallest absolute Gasteiger partial charge is 0.331 e. The molecule has 2 heterocycles. The first-order valence-corrected chi connectivity index (χ1v) is 12.0. The zero-order valence-electron chi connectivity index (χ0n) is 20.7. The minimum absolute atomic E-state index is 0.0677. The molecule has 0 aromatic rings. The Kier molecular flexibility index (Phi) is 11.0. The zero-order chi connectivity index (χ0) is 24.4. The van der Waals surface area contributed by atoms with E-state index in [1.54, 1.807) is 0 Å². The number of aliphatic hydroxyl groups is 1. The number of rotatable bonds is 9. The van der Waals surface area contributed by atoms with E-state index in [2.05, 4.69) is 32.9 Å². The second-order valence-electron chi connectivity index (χ2n) is 9.37. The van der Waals surface area contributed by atoms with Crippen LogP contribution in [0.1, 0.15) is 53.9 Å². The van der Waals surface area contributed by atoms with Crippen LogP contribution in [0.2, 0.25) is 0 Å². The quantitative estimate of drug-likeness (QED) is 0.292. The molecule has 33 heavy (non-hydrogen) atoms. The highest BCUT2D eigenvalue weighted by molar-refractivity contribution is 5.82. The number of allylic oxidation sites excluding steroid dienone is 7. The molecule has 5 nitrogen and oxygen atoms in total. The van der Waals surface area contributed by atoms with E-state index in [0.29, 0.717) is 12.3 Å². The normalized spacial score (nSPS) is 31.5. The van der Waals surface area contributed by atoms with E-state index in [0.717, 1.165) is 18.4 Å². The van der Waals surface area contributed by atoms with Crippen molar-refractivity contribution < 1.29 is 19.4 Å². The van der Waals surface area contributed by atoms with E-state index in [9.17, 15) is 9.90 Å². The second kappa shape index (κ2) is 13.5. The summed E-state index contributed by atoms with van der Waals surface area (Å²) in [6.45, 7) is 10.3. The lowest BCUT2D eigenvalue weighted by molar-refractivity contribution is -0.141. The summed E-state index contributed by atoms with van der Waals surface area (Å²) < 4.78 is 11.4. The van der Waals surface area contributed by atoms with Gasteiger partial charge in [0.1, 0.15) is 6.10 Å². The fourth-order valence-corrected chi connectivity index (χ4v) is 4.23. The Morgan fingerprint density at radius 2 is 2.09 bits per heavy atom. The number of carbonyl (C=O) groups excluding carboxylic acids is 1. The van der Waals surface area contributed by atoms with Crippen LogP contribution in [0.4, 0.5) is 0 Å². The minimum atomic E-state index is -0.409. The maximum absolute atomic E-state index is 11.3. The maximum Gasteiger partial charge on any atom is 0.331 e. The summed E-state index contributed by atoms with van der Waals surface area (Å²) in [5, 5.41) is 10.4. The van der Waals surface area contributed by atoms with Gasteiger partial charge in [0.05, 0.1) is 18.3 Å².